The van der Waals surface area contributed by atoms with Crippen molar-refractivity contribution in [1.82, 2.24) is 0 Å². The van der Waals surface area contributed by atoms with Gasteiger partial charge in [-0.2, -0.15) is 3.84 Å². The number of halogens is 7. The van der Waals surface area contributed by atoms with E-state index in [-0.39, 0.29) is 0 Å². The molecule has 0 saturated carbocycles. The standard InChI is InChI=1S/Cl5P.Cl2O/c1-6(2,3,4)5;1-3-2. The molecule has 0 aliphatic rings. The summed E-state index contributed by atoms with van der Waals surface area (Å²) in [4.78, 5) is 0. The molecule has 0 heterocycles. The Labute approximate surface area is 86.6 Å². The van der Waals surface area contributed by atoms with Crippen LogP contribution in [0.15, 0.2) is 0 Å². The molecule has 0 saturated heterocycles. The monoisotopic (exact) mass is 292 g/mol. The van der Waals surface area contributed by atoms with Gasteiger partial charge in [0.25, 0.3) is 0 Å². The average Bonchev–Trinajstić information content (AvgIpc) is 1.23. The van der Waals surface area contributed by atoms with Gasteiger partial charge in [0.1, 0.15) is 0 Å². The Balaban J connectivity index is 0. The summed E-state index contributed by atoms with van der Waals surface area (Å²) in [5.41, 5.74) is 0. The molecule has 9 heteroatoms. The Bertz CT molecular complexity index is 51.8. The predicted octanol–water partition coefficient (Wildman–Crippen LogP) is 5.62. The second-order valence-electron chi connectivity index (χ2n) is 0.697. The Morgan fingerprint density at radius 3 is 0.778 bits per heavy atom. The summed E-state index contributed by atoms with van der Waals surface area (Å²) >= 11 is 33.4. The Morgan fingerprint density at radius 1 is 0.778 bits per heavy atom. The fourth-order valence-electron chi connectivity index (χ4n) is 0. The van der Waals surface area contributed by atoms with Crippen molar-refractivity contribution in [2.45, 2.75) is 0 Å². The van der Waals surface area contributed by atoms with Crippen LogP contribution in [-0.2, 0) is 3.84 Å². The minimum absolute atomic E-state index is 3.19. The summed E-state index contributed by atoms with van der Waals surface area (Å²) in [6.07, 6.45) is 0. The van der Waals surface area contributed by atoms with Gasteiger partial charge in [-0.05, 0) is 0 Å². The summed E-state index contributed by atoms with van der Waals surface area (Å²) in [5, 5.41) is 0. The molecule has 0 aliphatic heterocycles. The molecule has 1 nitrogen and oxygen atoms in total. The van der Waals surface area contributed by atoms with Crippen LogP contribution >= 0.6 is 83.3 Å². The van der Waals surface area contributed by atoms with Crippen LogP contribution in [0.4, 0.5) is 0 Å². The van der Waals surface area contributed by atoms with Crippen LogP contribution in [0, 0.1) is 0 Å². The first-order valence-electron chi connectivity index (χ1n) is 1.15. The number of hydrogen-bond donors (Lipinski definition) is 0. The summed E-state index contributed by atoms with van der Waals surface area (Å²) < 4.78 is -0.494. The van der Waals surface area contributed by atoms with Gasteiger partial charge in [0, 0.05) is 0 Å². The fraction of sp³-hybridized carbons (Fsp3) is 0. The molecule has 9 heavy (non-hydrogen) atoms. The van der Waals surface area contributed by atoms with Crippen molar-refractivity contribution in [2.75, 3.05) is 0 Å². The van der Waals surface area contributed by atoms with E-state index in [4.69, 9.17) is 56.2 Å². The van der Waals surface area contributed by atoms with E-state index in [0.717, 1.165) is 0 Å². The third-order valence-corrected chi connectivity index (χ3v) is 0. The molecule has 0 amide bonds. The SMILES string of the molecule is ClOCl.ClP(Cl)(Cl)(Cl)Cl. The molecule has 0 radical (unpaired) electrons. The van der Waals surface area contributed by atoms with Crippen LogP contribution in [0.25, 0.3) is 0 Å². The Hall–Kier alpha value is 2.42. The molecule has 0 aliphatic carbocycles. The van der Waals surface area contributed by atoms with Crippen molar-refractivity contribution >= 4 is 83.3 Å². The molecule has 0 bridgehead atoms. The zero-order valence-corrected chi connectivity index (χ0v) is 9.69. The van der Waals surface area contributed by atoms with E-state index in [1.54, 1.807) is 0 Å². The summed E-state index contributed by atoms with van der Waals surface area (Å²) in [6.45, 7) is 0. The van der Waals surface area contributed by atoms with Gasteiger partial charge >= 0.3 is 59.6 Å². The van der Waals surface area contributed by atoms with Gasteiger partial charge in [-0.25, -0.2) is 0 Å². The second kappa shape index (κ2) is 5.13. The fourth-order valence-corrected chi connectivity index (χ4v) is 0. The number of rotatable bonds is 0. The molecule has 0 aromatic heterocycles. The molecule has 60 valence electrons. The van der Waals surface area contributed by atoms with Gasteiger partial charge in [-0.15, -0.1) is 0 Å². The predicted molar refractivity (Wildman–Crippen MR) is 49.0 cm³/mol. The summed E-state index contributed by atoms with van der Waals surface area (Å²) in [7, 11) is 0. The molecular weight excluding hydrogens is 295 g/mol. The van der Waals surface area contributed by atoms with Crippen molar-refractivity contribution in [1.29, 1.82) is 0 Å². The first-order chi connectivity index (χ1) is 3.65. The molecule has 0 aromatic rings. The van der Waals surface area contributed by atoms with E-state index in [9.17, 15) is 0 Å². The van der Waals surface area contributed by atoms with E-state index in [0.29, 0.717) is 0 Å². The third-order valence-electron chi connectivity index (χ3n) is 0. The first-order valence-corrected chi connectivity index (χ1v) is 8.53. The molecule has 0 N–H and O–H groups in total. The minimum atomic E-state index is -3.69. The maximum atomic E-state index is 4.98. The first kappa shape index (κ1) is 14.0. The van der Waals surface area contributed by atoms with Gasteiger partial charge in [0.2, 0.25) is 0 Å². The zero-order valence-electron chi connectivity index (χ0n) is 3.50. The van der Waals surface area contributed by atoms with Crippen molar-refractivity contribution < 1.29 is 3.84 Å². The van der Waals surface area contributed by atoms with Gasteiger partial charge in [0.15, 0.2) is 0 Å². The van der Waals surface area contributed by atoms with Gasteiger partial charge in [-0.3, -0.25) is 0 Å². The molecule has 0 atom stereocenters. The molecule has 0 rings (SSSR count). The molecule has 0 fully saturated rings. The molecule has 0 unspecified atom stereocenters. The molecule has 0 aromatic carbocycles. The van der Waals surface area contributed by atoms with Crippen molar-refractivity contribution in [3.63, 3.8) is 0 Å². The number of hydrogen-bond acceptors (Lipinski definition) is 1. The van der Waals surface area contributed by atoms with E-state index >= 15 is 0 Å². The van der Waals surface area contributed by atoms with Crippen LogP contribution in [0.2, 0.25) is 0 Å². The maximum absolute atomic E-state index is 4.98. The zero-order chi connectivity index (χ0) is 8.15. The van der Waals surface area contributed by atoms with Crippen molar-refractivity contribution in [3.8, 4) is 0 Å². The van der Waals surface area contributed by atoms with Crippen molar-refractivity contribution in [2.24, 2.45) is 0 Å². The molecule has 0 spiro atoms. The Kier molecular flexibility index (Phi) is 7.97. The van der Waals surface area contributed by atoms with E-state index in [1.807, 2.05) is 0 Å². The van der Waals surface area contributed by atoms with Crippen LogP contribution in [0.5, 0.6) is 0 Å². The van der Waals surface area contributed by atoms with Crippen LogP contribution < -0.4 is 0 Å². The third kappa shape index (κ3) is 126. The van der Waals surface area contributed by atoms with Crippen LogP contribution in [0.1, 0.15) is 0 Å². The normalized spacial score (nSPS) is 14.8. The van der Waals surface area contributed by atoms with Crippen molar-refractivity contribution in [3.05, 3.63) is 0 Å². The van der Waals surface area contributed by atoms with Crippen LogP contribution in [-0.4, -0.2) is 0 Å². The molecular formula is Cl7OP. The summed E-state index contributed by atoms with van der Waals surface area (Å²) in [6, 6.07) is 0. The van der Waals surface area contributed by atoms with E-state index in [2.05, 4.69) is 27.6 Å². The quantitative estimate of drug-likeness (QED) is 0.527. The van der Waals surface area contributed by atoms with Gasteiger partial charge < -0.3 is 0 Å². The van der Waals surface area contributed by atoms with Gasteiger partial charge in [0.05, 0.1) is 23.7 Å². The average molecular weight is 295 g/mol. The van der Waals surface area contributed by atoms with E-state index < -0.39 is 3.37 Å². The van der Waals surface area contributed by atoms with Gasteiger partial charge in [-0.1, -0.05) is 0 Å². The second-order valence-corrected chi connectivity index (χ2v) is 17.8. The van der Waals surface area contributed by atoms with Crippen LogP contribution in [0.3, 0.4) is 0 Å². The summed E-state index contributed by atoms with van der Waals surface area (Å²) in [5.74, 6) is 0. The topological polar surface area (TPSA) is 9.23 Å². The Morgan fingerprint density at radius 2 is 0.778 bits per heavy atom. The van der Waals surface area contributed by atoms with E-state index in [1.165, 1.54) is 0 Å².